The first kappa shape index (κ1) is 71.6. The number of hydrogen-bond donors (Lipinski definition) is 3. The van der Waals surface area contributed by atoms with Crippen molar-refractivity contribution in [2.45, 2.75) is 347 Å². The van der Waals surface area contributed by atoms with Crippen molar-refractivity contribution >= 4 is 11.9 Å². The number of carbonyl (C=O) groups is 2. The van der Waals surface area contributed by atoms with Crippen molar-refractivity contribution in [2.24, 2.45) is 0 Å². The molecule has 0 fully saturated rings. The van der Waals surface area contributed by atoms with Crippen LogP contribution in [0.3, 0.4) is 0 Å². The van der Waals surface area contributed by atoms with Crippen LogP contribution >= 0.6 is 0 Å². The standard InChI is InChI=1S/C68H125NO5/c1-3-5-7-9-11-13-15-17-18-19-20-21-22-24-27-30-33-37-40-44-48-52-56-60-66(71)65(64-70)69-67(72)61-57-53-49-45-41-38-34-31-28-25-23-26-29-32-35-39-43-47-51-55-59-63-74-68(73)62-58-54-50-46-42-36-16-14-12-10-8-6-4-2/h8,10,14,16,39,43,51,55-56,60,65-66,70-71H,3-7,9,11-13,15,17-38,40-42,44-50,52-54,57-59,61-64H2,1-2H3,(H,69,72)/b10-8-,16-14-,43-39-,55-51-,60-56+. The third-order valence-corrected chi connectivity index (χ3v) is 14.8. The van der Waals surface area contributed by atoms with Gasteiger partial charge in [-0.05, 0) is 77.0 Å². The number of carbonyl (C=O) groups excluding carboxylic acids is 2. The number of unbranched alkanes of at least 4 members (excludes halogenated alkanes) is 41. The molecule has 6 nitrogen and oxygen atoms in total. The van der Waals surface area contributed by atoms with Crippen LogP contribution in [0.5, 0.6) is 0 Å². The highest BCUT2D eigenvalue weighted by molar-refractivity contribution is 5.76. The zero-order valence-corrected chi connectivity index (χ0v) is 49.3. The van der Waals surface area contributed by atoms with E-state index in [1.165, 1.54) is 244 Å². The first-order valence-corrected chi connectivity index (χ1v) is 32.6. The molecule has 0 saturated carbocycles. The van der Waals surface area contributed by atoms with E-state index in [1.54, 1.807) is 6.08 Å². The average Bonchev–Trinajstić information content (AvgIpc) is 3.40. The molecule has 0 spiro atoms. The molecule has 0 aromatic heterocycles. The van der Waals surface area contributed by atoms with Gasteiger partial charge in [0, 0.05) is 12.8 Å². The third kappa shape index (κ3) is 58.8. The second kappa shape index (κ2) is 63.1. The Kier molecular flexibility index (Phi) is 61.0. The molecule has 2 unspecified atom stereocenters. The van der Waals surface area contributed by atoms with Crippen LogP contribution in [0, 0.1) is 0 Å². The van der Waals surface area contributed by atoms with Gasteiger partial charge in [-0.3, -0.25) is 9.59 Å². The van der Waals surface area contributed by atoms with Crippen molar-refractivity contribution in [1.29, 1.82) is 0 Å². The minimum Gasteiger partial charge on any atom is -0.465 e. The molecule has 0 aromatic carbocycles. The van der Waals surface area contributed by atoms with Crippen molar-refractivity contribution in [3.63, 3.8) is 0 Å². The minimum absolute atomic E-state index is 0.0515. The maximum absolute atomic E-state index is 12.5. The fourth-order valence-electron chi connectivity index (χ4n) is 9.81. The molecule has 2 atom stereocenters. The molecule has 0 aliphatic rings. The lowest BCUT2D eigenvalue weighted by molar-refractivity contribution is -0.143. The average molecular weight is 1040 g/mol. The van der Waals surface area contributed by atoms with Crippen LogP contribution in [0.2, 0.25) is 0 Å². The van der Waals surface area contributed by atoms with Gasteiger partial charge in [0.15, 0.2) is 0 Å². The van der Waals surface area contributed by atoms with Crippen molar-refractivity contribution in [2.75, 3.05) is 13.2 Å². The molecular weight excluding hydrogens is 911 g/mol. The van der Waals surface area contributed by atoms with E-state index < -0.39 is 12.1 Å². The minimum atomic E-state index is -0.851. The summed E-state index contributed by atoms with van der Waals surface area (Å²) in [5, 5.41) is 23.2. The number of hydrogen-bond acceptors (Lipinski definition) is 5. The highest BCUT2D eigenvalue weighted by atomic mass is 16.5. The van der Waals surface area contributed by atoms with E-state index in [0.717, 1.165) is 64.2 Å². The van der Waals surface area contributed by atoms with E-state index in [1.807, 2.05) is 6.08 Å². The van der Waals surface area contributed by atoms with E-state index in [0.29, 0.717) is 19.4 Å². The Morgan fingerprint density at radius 2 is 0.703 bits per heavy atom. The third-order valence-electron chi connectivity index (χ3n) is 14.8. The fourth-order valence-corrected chi connectivity index (χ4v) is 9.81. The molecule has 0 radical (unpaired) electrons. The van der Waals surface area contributed by atoms with E-state index in [-0.39, 0.29) is 18.5 Å². The number of rotatable bonds is 60. The van der Waals surface area contributed by atoms with Gasteiger partial charge in [0.25, 0.3) is 0 Å². The molecule has 0 aliphatic carbocycles. The zero-order valence-electron chi connectivity index (χ0n) is 49.3. The Morgan fingerprint density at radius 1 is 0.378 bits per heavy atom. The number of aliphatic hydroxyl groups is 2. The second-order valence-corrected chi connectivity index (χ2v) is 22.1. The Labute approximate surface area is 460 Å². The molecule has 0 aromatic rings. The van der Waals surface area contributed by atoms with Gasteiger partial charge in [-0.25, -0.2) is 0 Å². The molecule has 1 amide bonds. The molecule has 74 heavy (non-hydrogen) atoms. The van der Waals surface area contributed by atoms with Gasteiger partial charge in [-0.1, -0.05) is 306 Å². The zero-order chi connectivity index (χ0) is 53.6. The van der Waals surface area contributed by atoms with Crippen LogP contribution in [0.1, 0.15) is 335 Å². The van der Waals surface area contributed by atoms with Gasteiger partial charge in [-0.15, -0.1) is 0 Å². The van der Waals surface area contributed by atoms with Crippen LogP contribution < -0.4 is 5.32 Å². The van der Waals surface area contributed by atoms with Crippen LogP contribution in [0.4, 0.5) is 0 Å². The summed E-state index contributed by atoms with van der Waals surface area (Å²) in [6.45, 7) is 4.74. The molecule has 0 rings (SSSR count). The lowest BCUT2D eigenvalue weighted by atomic mass is 10.0. The highest BCUT2D eigenvalue weighted by Gasteiger charge is 2.18. The SMILES string of the molecule is CCC/C=C\C/C=C\CCCCCCCC(=O)OCC/C=C\C/C=C\CCCCCCCCCCCCCCCCC(=O)NC(CO)C(O)/C=C/CCCCCCCCCCCCCCCCCCCCCCC. The summed E-state index contributed by atoms with van der Waals surface area (Å²) in [5.41, 5.74) is 0. The largest absolute Gasteiger partial charge is 0.465 e. The first-order chi connectivity index (χ1) is 36.5. The quantitative estimate of drug-likeness (QED) is 0.0320. The summed E-state index contributed by atoms with van der Waals surface area (Å²) in [6.07, 6.45) is 82.9. The summed E-state index contributed by atoms with van der Waals surface area (Å²) < 4.78 is 5.40. The van der Waals surface area contributed by atoms with Crippen LogP contribution in [-0.4, -0.2) is 47.4 Å². The lowest BCUT2D eigenvalue weighted by Gasteiger charge is -2.20. The van der Waals surface area contributed by atoms with Crippen LogP contribution in [0.25, 0.3) is 0 Å². The summed E-state index contributed by atoms with van der Waals surface area (Å²) in [5.74, 6) is -0.122. The Hall–Kier alpha value is -2.44. The number of ether oxygens (including phenoxy) is 1. The molecular formula is C68H125NO5. The summed E-state index contributed by atoms with van der Waals surface area (Å²) in [4.78, 5) is 24.5. The van der Waals surface area contributed by atoms with E-state index in [9.17, 15) is 19.8 Å². The van der Waals surface area contributed by atoms with Crippen LogP contribution in [0.15, 0.2) is 60.8 Å². The molecule has 6 heteroatoms. The number of allylic oxidation sites excluding steroid dienone is 8. The fraction of sp³-hybridized carbons (Fsp3) is 0.824. The van der Waals surface area contributed by atoms with Crippen molar-refractivity contribution < 1.29 is 24.5 Å². The Bertz CT molecular complexity index is 1290. The summed E-state index contributed by atoms with van der Waals surface area (Å²) >= 11 is 0. The van der Waals surface area contributed by atoms with E-state index >= 15 is 0 Å². The predicted octanol–water partition coefficient (Wildman–Crippen LogP) is 20.7. The highest BCUT2D eigenvalue weighted by Crippen LogP contribution is 2.17. The number of nitrogens with one attached hydrogen (secondary N) is 1. The van der Waals surface area contributed by atoms with Gasteiger partial charge in [0.1, 0.15) is 0 Å². The predicted molar refractivity (Wildman–Crippen MR) is 324 cm³/mol. The summed E-state index contributed by atoms with van der Waals surface area (Å²) in [7, 11) is 0. The lowest BCUT2D eigenvalue weighted by Crippen LogP contribution is -2.45. The van der Waals surface area contributed by atoms with E-state index in [2.05, 4.69) is 67.8 Å². The second-order valence-electron chi connectivity index (χ2n) is 22.1. The molecule has 3 N–H and O–H groups in total. The molecule has 0 bridgehead atoms. The number of aliphatic hydroxyl groups excluding tert-OH is 2. The Morgan fingerprint density at radius 3 is 1.08 bits per heavy atom. The monoisotopic (exact) mass is 1040 g/mol. The van der Waals surface area contributed by atoms with Gasteiger partial charge >= 0.3 is 5.97 Å². The Balaban J connectivity index is 3.49. The van der Waals surface area contributed by atoms with Crippen molar-refractivity contribution in [3.05, 3.63) is 60.8 Å². The van der Waals surface area contributed by atoms with Crippen LogP contribution in [-0.2, 0) is 14.3 Å². The first-order valence-electron chi connectivity index (χ1n) is 32.6. The summed E-state index contributed by atoms with van der Waals surface area (Å²) in [6, 6.07) is -0.635. The number of esters is 1. The molecule has 0 saturated heterocycles. The molecule has 0 heterocycles. The normalized spacial score (nSPS) is 13.0. The maximum atomic E-state index is 12.5. The van der Waals surface area contributed by atoms with Crippen molar-refractivity contribution in [3.8, 4) is 0 Å². The van der Waals surface area contributed by atoms with Gasteiger partial charge < -0.3 is 20.3 Å². The van der Waals surface area contributed by atoms with Gasteiger partial charge in [-0.2, -0.15) is 0 Å². The molecule has 432 valence electrons. The maximum Gasteiger partial charge on any atom is 0.305 e. The van der Waals surface area contributed by atoms with Gasteiger partial charge in [0.05, 0.1) is 25.4 Å². The van der Waals surface area contributed by atoms with Gasteiger partial charge in [0.2, 0.25) is 5.91 Å². The molecule has 0 aliphatic heterocycles. The smallest absolute Gasteiger partial charge is 0.305 e. The van der Waals surface area contributed by atoms with E-state index in [4.69, 9.17) is 4.74 Å². The number of amides is 1. The topological polar surface area (TPSA) is 95.9 Å². The van der Waals surface area contributed by atoms with Crippen molar-refractivity contribution in [1.82, 2.24) is 5.32 Å².